The second kappa shape index (κ2) is 13.4. The lowest BCUT2D eigenvalue weighted by atomic mass is 10.2. The number of rotatable bonds is 11. The summed E-state index contributed by atoms with van der Waals surface area (Å²) in [6, 6.07) is 7.16. The highest BCUT2D eigenvalue weighted by Crippen LogP contribution is 2.40. The summed E-state index contributed by atoms with van der Waals surface area (Å²) in [6.07, 6.45) is 12.8. The summed E-state index contributed by atoms with van der Waals surface area (Å²) >= 11 is 0. The molecule has 1 aliphatic rings. The Morgan fingerprint density at radius 1 is 1.11 bits per heavy atom. The number of anilines is 1. The monoisotopic (exact) mass is 478 g/mol. The zero-order valence-corrected chi connectivity index (χ0v) is 20.3. The molecule has 35 heavy (non-hydrogen) atoms. The third-order valence-corrected chi connectivity index (χ3v) is 4.94. The van der Waals surface area contributed by atoms with E-state index in [1.165, 1.54) is 6.34 Å². The number of hydrogen-bond donors (Lipinski definition) is 2. The summed E-state index contributed by atoms with van der Waals surface area (Å²) in [5, 5.41) is 7.65. The van der Waals surface area contributed by atoms with E-state index in [1.807, 2.05) is 24.5 Å². The van der Waals surface area contributed by atoms with Gasteiger partial charge in [0.1, 0.15) is 12.2 Å². The molecule has 2 N–H and O–H groups in total. The molecule has 0 saturated carbocycles. The number of benzene rings is 1. The molecule has 1 aromatic heterocycles. The minimum absolute atomic E-state index is 0.357. The van der Waals surface area contributed by atoms with Crippen LogP contribution in [0.3, 0.4) is 0 Å². The van der Waals surface area contributed by atoms with Crippen LogP contribution in [0.5, 0.6) is 17.2 Å². The Labute approximate surface area is 205 Å². The number of nitrogens with zero attached hydrogens (tertiary/aromatic N) is 4. The van der Waals surface area contributed by atoms with Crippen LogP contribution in [0, 0.1) is 0 Å². The molecule has 3 rings (SSSR count). The van der Waals surface area contributed by atoms with Gasteiger partial charge in [0.25, 0.3) is 0 Å². The second-order valence-electron chi connectivity index (χ2n) is 7.14. The third-order valence-electron chi connectivity index (χ3n) is 4.94. The van der Waals surface area contributed by atoms with Crippen molar-refractivity contribution < 1.29 is 18.9 Å². The maximum absolute atomic E-state index is 5.49. The van der Waals surface area contributed by atoms with E-state index in [9.17, 15) is 0 Å². The Kier molecular flexibility index (Phi) is 9.67. The van der Waals surface area contributed by atoms with Gasteiger partial charge in [0.05, 0.1) is 39.7 Å². The molecular formula is C25H30N6O4. The number of allylic oxidation sites excluding steroid dienone is 2. The maximum atomic E-state index is 5.49. The van der Waals surface area contributed by atoms with Crippen molar-refractivity contribution in [1.29, 1.82) is 0 Å². The molecule has 0 radical (unpaired) electrons. The highest BCUT2D eigenvalue weighted by molar-refractivity contribution is 5.98. The van der Waals surface area contributed by atoms with Gasteiger partial charge in [-0.25, -0.2) is 9.98 Å². The summed E-state index contributed by atoms with van der Waals surface area (Å²) < 4.78 is 21.5. The number of aliphatic imine (C=N–C) groups is 2. The summed E-state index contributed by atoms with van der Waals surface area (Å²) in [7, 11) is 6.20. The molecule has 0 aliphatic carbocycles. The topological polar surface area (TPSA) is 111 Å². The molecule has 0 unspecified atom stereocenters. The SMILES string of the molecule is CO/C(=N\NC=Nc1cc(OC)c(OC)c(OC)c1)c1cccnc1NCCC1=CN=CCC=C1. The van der Waals surface area contributed by atoms with Crippen LogP contribution < -0.4 is 25.0 Å². The Morgan fingerprint density at radius 2 is 1.91 bits per heavy atom. The van der Waals surface area contributed by atoms with Crippen molar-refractivity contribution in [3.63, 3.8) is 0 Å². The highest BCUT2D eigenvalue weighted by Gasteiger charge is 2.13. The van der Waals surface area contributed by atoms with E-state index in [-0.39, 0.29) is 0 Å². The summed E-state index contributed by atoms with van der Waals surface area (Å²) in [6.45, 7) is 0.683. The zero-order chi connectivity index (χ0) is 24.9. The third kappa shape index (κ3) is 7.07. The number of nitrogens with one attached hydrogen (secondary N) is 2. The molecule has 0 saturated heterocycles. The molecule has 10 heteroatoms. The number of pyridine rings is 1. The number of ether oxygens (including phenoxy) is 4. The smallest absolute Gasteiger partial charge is 0.241 e. The Balaban J connectivity index is 1.68. The molecule has 184 valence electrons. The number of hydrazone groups is 1. The first-order valence-electron chi connectivity index (χ1n) is 11.0. The standard InChI is InChI=1S/C25H30N6O4/c1-32-21-14-19(15-22(33-2)23(21)34-3)29-17-30-31-25(35-4)20-9-7-12-27-24(20)28-13-10-18-8-5-6-11-26-16-18/h5,7-9,11-12,14-17H,6,10,13H2,1-4H3,(H,27,28)(H,29,30)/b31-25-. The van der Waals surface area contributed by atoms with E-state index in [2.05, 4.69) is 43.0 Å². The van der Waals surface area contributed by atoms with Crippen LogP contribution in [0.15, 0.2) is 69.5 Å². The van der Waals surface area contributed by atoms with Gasteiger partial charge in [-0.1, -0.05) is 12.2 Å². The first-order valence-corrected chi connectivity index (χ1v) is 11.0. The molecule has 0 bridgehead atoms. The summed E-state index contributed by atoms with van der Waals surface area (Å²) in [5.41, 5.74) is 5.25. The first-order chi connectivity index (χ1) is 17.2. The zero-order valence-electron chi connectivity index (χ0n) is 20.3. The van der Waals surface area contributed by atoms with E-state index in [1.54, 1.807) is 46.8 Å². The molecule has 1 aromatic carbocycles. The average Bonchev–Trinajstić information content (AvgIpc) is 3.17. The minimum atomic E-state index is 0.357. The van der Waals surface area contributed by atoms with Crippen molar-refractivity contribution in [2.24, 2.45) is 15.1 Å². The van der Waals surface area contributed by atoms with Gasteiger partial charge in [0, 0.05) is 43.7 Å². The molecule has 0 fully saturated rings. The first kappa shape index (κ1) is 25.3. The average molecular weight is 479 g/mol. The summed E-state index contributed by atoms with van der Waals surface area (Å²) in [4.78, 5) is 13.1. The van der Waals surface area contributed by atoms with Crippen LogP contribution in [0.2, 0.25) is 0 Å². The molecule has 0 atom stereocenters. The van der Waals surface area contributed by atoms with Crippen LogP contribution in [-0.4, -0.2) is 58.4 Å². The molecule has 2 aromatic rings. The predicted molar refractivity (Wildman–Crippen MR) is 139 cm³/mol. The lowest BCUT2D eigenvalue weighted by Gasteiger charge is -2.12. The fraction of sp³-hybridized carbons (Fsp3) is 0.280. The van der Waals surface area contributed by atoms with E-state index >= 15 is 0 Å². The Bertz CT molecular complexity index is 1120. The Hall–Kier alpha value is -4.34. The van der Waals surface area contributed by atoms with Gasteiger partial charge in [0.2, 0.25) is 11.6 Å². The largest absolute Gasteiger partial charge is 0.493 e. The van der Waals surface area contributed by atoms with Gasteiger partial charge in [0.15, 0.2) is 11.5 Å². The second-order valence-corrected chi connectivity index (χ2v) is 7.14. The van der Waals surface area contributed by atoms with Gasteiger partial charge in [-0.15, -0.1) is 5.10 Å². The van der Waals surface area contributed by atoms with Gasteiger partial charge >= 0.3 is 0 Å². The van der Waals surface area contributed by atoms with Crippen LogP contribution >= 0.6 is 0 Å². The maximum Gasteiger partial charge on any atom is 0.241 e. The molecule has 10 nitrogen and oxygen atoms in total. The quantitative estimate of drug-likeness (QED) is 0.284. The Morgan fingerprint density at radius 3 is 2.63 bits per heavy atom. The van der Waals surface area contributed by atoms with Crippen LogP contribution in [0.4, 0.5) is 11.5 Å². The molecular weight excluding hydrogens is 448 g/mol. The van der Waals surface area contributed by atoms with Crippen LogP contribution in [-0.2, 0) is 4.74 Å². The lowest BCUT2D eigenvalue weighted by molar-refractivity contribution is 0.324. The van der Waals surface area contributed by atoms with Crippen molar-refractivity contribution >= 4 is 30.0 Å². The van der Waals surface area contributed by atoms with Crippen molar-refractivity contribution in [2.45, 2.75) is 12.8 Å². The molecule has 2 heterocycles. The van der Waals surface area contributed by atoms with Crippen LogP contribution in [0.25, 0.3) is 0 Å². The molecule has 0 amide bonds. The highest BCUT2D eigenvalue weighted by atomic mass is 16.5. The minimum Gasteiger partial charge on any atom is -0.493 e. The summed E-state index contributed by atoms with van der Waals surface area (Å²) in [5.74, 6) is 2.53. The van der Waals surface area contributed by atoms with Gasteiger partial charge in [-0.05, 0) is 24.1 Å². The number of aromatic nitrogens is 1. The van der Waals surface area contributed by atoms with Crippen molar-refractivity contribution in [2.75, 3.05) is 40.3 Å². The normalized spacial score (nSPS) is 13.3. The lowest BCUT2D eigenvalue weighted by Crippen LogP contribution is -2.15. The van der Waals surface area contributed by atoms with E-state index in [0.29, 0.717) is 46.8 Å². The molecule has 1 aliphatic heterocycles. The van der Waals surface area contributed by atoms with E-state index in [0.717, 1.165) is 18.4 Å². The molecule has 0 spiro atoms. The van der Waals surface area contributed by atoms with Crippen molar-refractivity contribution in [3.05, 3.63) is 60.0 Å². The van der Waals surface area contributed by atoms with Crippen molar-refractivity contribution in [3.8, 4) is 17.2 Å². The van der Waals surface area contributed by atoms with Gasteiger partial charge in [-0.3, -0.25) is 10.4 Å². The predicted octanol–water partition coefficient (Wildman–Crippen LogP) is 4.08. The number of hydrogen-bond acceptors (Lipinski definition) is 9. The number of methoxy groups -OCH3 is 4. The van der Waals surface area contributed by atoms with E-state index in [4.69, 9.17) is 18.9 Å². The van der Waals surface area contributed by atoms with Gasteiger partial charge in [-0.2, -0.15) is 0 Å². The van der Waals surface area contributed by atoms with Gasteiger partial charge < -0.3 is 24.3 Å². The fourth-order valence-corrected chi connectivity index (χ4v) is 3.27. The van der Waals surface area contributed by atoms with E-state index < -0.39 is 0 Å². The van der Waals surface area contributed by atoms with Crippen LogP contribution in [0.1, 0.15) is 18.4 Å². The fourth-order valence-electron chi connectivity index (χ4n) is 3.27. The van der Waals surface area contributed by atoms with Crippen molar-refractivity contribution in [1.82, 2.24) is 10.4 Å².